The summed E-state index contributed by atoms with van der Waals surface area (Å²) in [5, 5.41) is 2.46. The minimum atomic E-state index is -0.681. The van der Waals surface area contributed by atoms with Crippen LogP contribution in [0.1, 0.15) is 39.8 Å². The number of benzene rings is 1. The van der Waals surface area contributed by atoms with Gasteiger partial charge < -0.3 is 14.6 Å². The van der Waals surface area contributed by atoms with Crippen LogP contribution < -0.4 is 15.5 Å². The van der Waals surface area contributed by atoms with E-state index in [4.69, 9.17) is 16.3 Å². The first-order valence-corrected chi connectivity index (χ1v) is 8.79. The number of pyridine rings is 1. The number of fused-ring (bicyclic) bond motifs is 1. The van der Waals surface area contributed by atoms with Crippen molar-refractivity contribution in [3.8, 4) is 5.75 Å². The van der Waals surface area contributed by atoms with Gasteiger partial charge in [0, 0.05) is 30.8 Å². The lowest BCUT2D eigenvalue weighted by Crippen LogP contribution is -2.34. The van der Waals surface area contributed by atoms with Crippen LogP contribution in [-0.4, -0.2) is 23.4 Å². The fourth-order valence-corrected chi connectivity index (χ4v) is 3.27. The van der Waals surface area contributed by atoms with Gasteiger partial charge in [-0.1, -0.05) is 30.7 Å². The van der Waals surface area contributed by atoms with Gasteiger partial charge in [0.2, 0.25) is 5.43 Å². The molecule has 1 aliphatic heterocycles. The lowest BCUT2D eigenvalue weighted by atomic mass is 9.94. The Morgan fingerprint density at radius 2 is 2.15 bits per heavy atom. The van der Waals surface area contributed by atoms with Crippen molar-refractivity contribution in [3.63, 3.8) is 0 Å². The lowest BCUT2D eigenvalue weighted by molar-refractivity contribution is 0.0879. The normalized spacial score (nSPS) is 16.0. The van der Waals surface area contributed by atoms with E-state index in [1.54, 1.807) is 17.6 Å². The standard InChI is InChI=1S/C19H18ClFN2O4/c1-10-6-7-23-9-12(17(25)18(27-2)15(23)16(10)24)19(26)22-8-11-4-3-5-13(20)14(11)21/h3-5,9-10H,6-8H2,1-2H3,(H,22,26). The molecule has 0 spiro atoms. The molecule has 27 heavy (non-hydrogen) atoms. The molecule has 3 rings (SSSR count). The Morgan fingerprint density at radius 3 is 2.85 bits per heavy atom. The highest BCUT2D eigenvalue weighted by Gasteiger charge is 2.31. The Labute approximate surface area is 159 Å². The van der Waals surface area contributed by atoms with E-state index in [1.807, 2.05) is 0 Å². The van der Waals surface area contributed by atoms with Crippen LogP contribution in [-0.2, 0) is 13.1 Å². The predicted octanol–water partition coefficient (Wildman–Crippen LogP) is 2.80. The maximum atomic E-state index is 14.0. The van der Waals surface area contributed by atoms with Crippen LogP contribution in [0.3, 0.4) is 0 Å². The number of hydrogen-bond acceptors (Lipinski definition) is 4. The number of halogens is 2. The highest BCUT2D eigenvalue weighted by molar-refractivity contribution is 6.30. The average molecular weight is 393 g/mol. The molecule has 1 unspecified atom stereocenters. The molecule has 1 aromatic carbocycles. The van der Waals surface area contributed by atoms with Crippen molar-refractivity contribution < 1.29 is 18.7 Å². The molecule has 1 atom stereocenters. The summed E-state index contributed by atoms with van der Waals surface area (Å²) in [5.41, 5.74) is -0.459. The Hall–Kier alpha value is -2.67. The Kier molecular flexibility index (Phi) is 5.32. The topological polar surface area (TPSA) is 77.4 Å². The second-order valence-electron chi connectivity index (χ2n) is 6.40. The molecule has 0 saturated carbocycles. The number of carbonyl (C=O) groups excluding carboxylic acids is 2. The Morgan fingerprint density at radius 1 is 1.41 bits per heavy atom. The fourth-order valence-electron chi connectivity index (χ4n) is 3.07. The van der Waals surface area contributed by atoms with Crippen LogP contribution in [0.5, 0.6) is 5.75 Å². The van der Waals surface area contributed by atoms with Crippen molar-refractivity contribution in [1.29, 1.82) is 0 Å². The SMILES string of the molecule is COc1c2n(cc(C(=O)NCc3cccc(Cl)c3F)c1=O)CCC(C)C2=O. The Balaban J connectivity index is 1.93. The van der Waals surface area contributed by atoms with Crippen LogP contribution in [0.2, 0.25) is 5.02 Å². The number of hydrogen-bond donors (Lipinski definition) is 1. The van der Waals surface area contributed by atoms with Crippen molar-refractivity contribution in [2.24, 2.45) is 5.92 Å². The number of nitrogens with zero attached hydrogens (tertiary/aromatic N) is 1. The number of aryl methyl sites for hydroxylation is 1. The largest absolute Gasteiger partial charge is 0.491 e. The molecule has 1 N–H and O–H groups in total. The van der Waals surface area contributed by atoms with Gasteiger partial charge in [0.15, 0.2) is 11.5 Å². The third-order valence-electron chi connectivity index (χ3n) is 4.64. The van der Waals surface area contributed by atoms with E-state index < -0.39 is 17.2 Å². The predicted molar refractivity (Wildman–Crippen MR) is 97.9 cm³/mol. The molecule has 0 radical (unpaired) electrons. The number of amides is 1. The van der Waals surface area contributed by atoms with Gasteiger partial charge in [-0.2, -0.15) is 0 Å². The molecule has 2 heterocycles. The van der Waals surface area contributed by atoms with Crippen molar-refractivity contribution in [1.82, 2.24) is 9.88 Å². The molecular weight excluding hydrogens is 375 g/mol. The van der Waals surface area contributed by atoms with Crippen molar-refractivity contribution in [2.45, 2.75) is 26.4 Å². The number of rotatable bonds is 4. The van der Waals surface area contributed by atoms with E-state index in [9.17, 15) is 18.8 Å². The molecule has 1 amide bonds. The van der Waals surface area contributed by atoms with Crippen LogP contribution in [0.15, 0.2) is 29.2 Å². The molecule has 1 aliphatic rings. The van der Waals surface area contributed by atoms with Gasteiger partial charge in [-0.15, -0.1) is 0 Å². The molecule has 0 aliphatic carbocycles. The molecule has 1 aromatic heterocycles. The number of methoxy groups -OCH3 is 1. The van der Waals surface area contributed by atoms with Gasteiger partial charge in [-0.25, -0.2) is 4.39 Å². The van der Waals surface area contributed by atoms with E-state index in [1.165, 1.54) is 25.4 Å². The molecule has 6 nitrogen and oxygen atoms in total. The van der Waals surface area contributed by atoms with Crippen LogP contribution in [0, 0.1) is 11.7 Å². The van der Waals surface area contributed by atoms with Crippen molar-refractivity contribution in [2.75, 3.05) is 7.11 Å². The fraction of sp³-hybridized carbons (Fsp3) is 0.316. The summed E-state index contributed by atoms with van der Waals surface area (Å²) in [4.78, 5) is 37.6. The van der Waals surface area contributed by atoms with Crippen LogP contribution in [0.25, 0.3) is 0 Å². The molecule has 0 saturated heterocycles. The minimum absolute atomic E-state index is 0.0510. The van der Waals surface area contributed by atoms with Crippen LogP contribution >= 0.6 is 11.6 Å². The van der Waals surface area contributed by atoms with Gasteiger partial charge in [-0.3, -0.25) is 14.4 Å². The molecule has 142 valence electrons. The summed E-state index contributed by atoms with van der Waals surface area (Å²) in [6.07, 6.45) is 1.96. The van der Waals surface area contributed by atoms with Crippen LogP contribution in [0.4, 0.5) is 4.39 Å². The average Bonchev–Trinajstić information content (AvgIpc) is 2.65. The molecule has 0 fully saturated rings. The summed E-state index contributed by atoms with van der Waals surface area (Å²) < 4.78 is 20.7. The van der Waals surface area contributed by atoms with E-state index in [0.717, 1.165) is 0 Å². The lowest BCUT2D eigenvalue weighted by Gasteiger charge is -2.24. The highest BCUT2D eigenvalue weighted by atomic mass is 35.5. The molecule has 0 bridgehead atoms. The second-order valence-corrected chi connectivity index (χ2v) is 6.80. The molecular formula is C19H18ClFN2O4. The number of ether oxygens (including phenoxy) is 1. The molecule has 2 aromatic rings. The first-order valence-electron chi connectivity index (χ1n) is 8.41. The zero-order valence-electron chi connectivity index (χ0n) is 14.8. The number of Topliss-reactive ketones (excluding diaryl/α,β-unsaturated/α-hetero) is 1. The summed E-state index contributed by atoms with van der Waals surface area (Å²) in [7, 11) is 1.28. The van der Waals surface area contributed by atoms with Gasteiger partial charge in [-0.05, 0) is 12.5 Å². The van der Waals surface area contributed by atoms with Crippen molar-refractivity contribution in [3.05, 3.63) is 62.3 Å². The maximum Gasteiger partial charge on any atom is 0.257 e. The maximum absolute atomic E-state index is 14.0. The highest BCUT2D eigenvalue weighted by Crippen LogP contribution is 2.26. The number of nitrogens with one attached hydrogen (secondary N) is 1. The summed E-state index contributed by atoms with van der Waals surface area (Å²) in [5.74, 6) is -1.86. The van der Waals surface area contributed by atoms with E-state index >= 15 is 0 Å². The van der Waals surface area contributed by atoms with Gasteiger partial charge >= 0.3 is 0 Å². The minimum Gasteiger partial charge on any atom is -0.491 e. The number of carbonyl (C=O) groups is 2. The summed E-state index contributed by atoms with van der Waals surface area (Å²) in [6, 6.07) is 4.46. The third kappa shape index (κ3) is 3.47. The zero-order chi connectivity index (χ0) is 19.7. The summed E-state index contributed by atoms with van der Waals surface area (Å²) >= 11 is 5.73. The van der Waals surface area contributed by atoms with E-state index in [2.05, 4.69) is 5.32 Å². The van der Waals surface area contributed by atoms with E-state index in [0.29, 0.717) is 13.0 Å². The zero-order valence-corrected chi connectivity index (χ0v) is 15.6. The second kappa shape index (κ2) is 7.52. The van der Waals surface area contributed by atoms with Crippen molar-refractivity contribution >= 4 is 23.3 Å². The number of aromatic nitrogens is 1. The molecule has 8 heteroatoms. The van der Waals surface area contributed by atoms with Gasteiger partial charge in [0.1, 0.15) is 17.1 Å². The van der Waals surface area contributed by atoms with Gasteiger partial charge in [0.25, 0.3) is 5.91 Å². The first kappa shape index (κ1) is 19.1. The smallest absolute Gasteiger partial charge is 0.257 e. The summed E-state index contributed by atoms with van der Waals surface area (Å²) in [6.45, 7) is 2.14. The monoisotopic (exact) mass is 392 g/mol. The Bertz CT molecular complexity index is 986. The van der Waals surface area contributed by atoms with E-state index in [-0.39, 0.29) is 45.8 Å². The van der Waals surface area contributed by atoms with Gasteiger partial charge in [0.05, 0.1) is 12.1 Å². The quantitative estimate of drug-likeness (QED) is 0.868. The third-order valence-corrected chi connectivity index (χ3v) is 4.93. The number of ketones is 1. The first-order chi connectivity index (χ1) is 12.8.